The van der Waals surface area contributed by atoms with Crippen molar-refractivity contribution >= 4 is 22.8 Å². The Hall–Kier alpha value is -3.48. The molecule has 188 valence electrons. The van der Waals surface area contributed by atoms with E-state index in [2.05, 4.69) is 15.1 Å². The highest BCUT2D eigenvalue weighted by Crippen LogP contribution is 2.35. The first-order chi connectivity index (χ1) is 16.6. The normalized spacial score (nSPS) is 15.6. The average Bonchev–Trinajstić information content (AvgIpc) is 3.24. The van der Waals surface area contributed by atoms with Gasteiger partial charge in [0.2, 0.25) is 11.9 Å². The topological polar surface area (TPSA) is 109 Å². The lowest BCUT2D eigenvalue weighted by Gasteiger charge is -2.34. The number of nitrogens with one attached hydrogen (secondary N) is 1. The second kappa shape index (κ2) is 10.0. The highest BCUT2D eigenvalue weighted by molar-refractivity contribution is 5.83. The van der Waals surface area contributed by atoms with E-state index in [4.69, 9.17) is 4.74 Å². The van der Waals surface area contributed by atoms with Gasteiger partial charge in [-0.05, 0) is 19.4 Å². The molecule has 10 nitrogen and oxygen atoms in total. The third-order valence-electron chi connectivity index (χ3n) is 5.93. The molecule has 13 heteroatoms. The smallest absolute Gasteiger partial charge is 0.379 e. The lowest BCUT2D eigenvalue weighted by atomic mass is 10.2. The molecule has 1 saturated heterocycles. The summed E-state index contributed by atoms with van der Waals surface area (Å²) < 4.78 is 47.2. The molecular weight excluding hydrogens is 467 g/mol. The summed E-state index contributed by atoms with van der Waals surface area (Å²) in [5.74, 6) is 0.590. The van der Waals surface area contributed by atoms with Crippen molar-refractivity contribution < 1.29 is 22.7 Å². The number of halogens is 3. The number of anilines is 1. The number of aryl methyl sites for hydroxylation is 1. The standard InChI is InChI=1S/C22H26F3N7O3/c1-14-9-26-21(27-10-14)31-6-4-30(5-7-31)18(33)3-8-35-13-15(2)32-12-16(22(23,24)25)19-17(32)11-28-29-20(19)34/h9-12,15H,3-8,13H2,1-2H3,(H,29,34). The monoisotopic (exact) mass is 493 g/mol. The third kappa shape index (κ3) is 5.45. The molecule has 1 unspecified atom stereocenters. The predicted molar refractivity (Wildman–Crippen MR) is 121 cm³/mol. The van der Waals surface area contributed by atoms with Gasteiger partial charge in [0.1, 0.15) is 0 Å². The van der Waals surface area contributed by atoms with Crippen molar-refractivity contribution in [3.63, 3.8) is 0 Å². The molecule has 3 aromatic heterocycles. The fourth-order valence-electron chi connectivity index (χ4n) is 4.05. The number of rotatable bonds is 7. The number of aromatic amines is 1. The summed E-state index contributed by atoms with van der Waals surface area (Å²) in [6.45, 7) is 6.14. The fraction of sp³-hybridized carbons (Fsp3) is 0.500. The molecule has 0 bridgehead atoms. The van der Waals surface area contributed by atoms with Crippen LogP contribution in [-0.2, 0) is 15.7 Å². The van der Waals surface area contributed by atoms with Gasteiger partial charge < -0.3 is 19.1 Å². The molecule has 1 fully saturated rings. The van der Waals surface area contributed by atoms with Crippen molar-refractivity contribution in [2.75, 3.05) is 44.3 Å². The Labute approximate surface area is 198 Å². The van der Waals surface area contributed by atoms with Crippen LogP contribution < -0.4 is 10.5 Å². The van der Waals surface area contributed by atoms with Crippen LogP contribution in [0, 0.1) is 6.92 Å². The maximum absolute atomic E-state index is 13.4. The van der Waals surface area contributed by atoms with E-state index in [9.17, 15) is 22.8 Å². The summed E-state index contributed by atoms with van der Waals surface area (Å²) in [6.07, 6.45) is 1.08. The molecule has 1 aliphatic heterocycles. The minimum absolute atomic E-state index is 0.0522. The van der Waals surface area contributed by atoms with Crippen LogP contribution in [0.15, 0.2) is 29.6 Å². The number of aromatic nitrogens is 5. The Kier molecular flexibility index (Phi) is 7.05. The van der Waals surface area contributed by atoms with Gasteiger partial charge >= 0.3 is 6.18 Å². The zero-order valence-electron chi connectivity index (χ0n) is 19.4. The number of alkyl halides is 3. The van der Waals surface area contributed by atoms with Gasteiger partial charge in [-0.3, -0.25) is 9.59 Å². The first kappa shape index (κ1) is 24.6. The van der Waals surface area contributed by atoms with Crippen LogP contribution in [0.4, 0.5) is 19.1 Å². The van der Waals surface area contributed by atoms with Crippen molar-refractivity contribution in [2.45, 2.75) is 32.5 Å². The van der Waals surface area contributed by atoms with E-state index >= 15 is 0 Å². The highest BCUT2D eigenvalue weighted by atomic mass is 19.4. The first-order valence-electron chi connectivity index (χ1n) is 11.2. The minimum atomic E-state index is -4.68. The Morgan fingerprint density at radius 3 is 2.51 bits per heavy atom. The van der Waals surface area contributed by atoms with Gasteiger partial charge in [0.05, 0.1) is 48.3 Å². The minimum Gasteiger partial charge on any atom is -0.379 e. The second-order valence-electron chi connectivity index (χ2n) is 8.51. The number of carbonyl (C=O) groups excluding carboxylic acids is 1. The number of ether oxygens (including phenoxy) is 1. The van der Waals surface area contributed by atoms with E-state index in [0.717, 1.165) is 11.8 Å². The molecule has 4 rings (SSSR count). The van der Waals surface area contributed by atoms with Gasteiger partial charge in [-0.2, -0.15) is 18.3 Å². The van der Waals surface area contributed by atoms with E-state index in [1.54, 1.807) is 24.2 Å². The molecule has 0 spiro atoms. The summed E-state index contributed by atoms with van der Waals surface area (Å²) in [4.78, 5) is 36.9. The van der Waals surface area contributed by atoms with E-state index in [1.807, 2.05) is 16.9 Å². The Morgan fingerprint density at radius 1 is 1.17 bits per heavy atom. The van der Waals surface area contributed by atoms with Crippen LogP contribution in [0.25, 0.3) is 10.9 Å². The molecule has 0 saturated carbocycles. The van der Waals surface area contributed by atoms with Crippen molar-refractivity contribution in [2.24, 2.45) is 0 Å². The molecule has 1 N–H and O–H groups in total. The summed E-state index contributed by atoms with van der Waals surface area (Å²) in [7, 11) is 0. The molecule has 0 radical (unpaired) electrons. The van der Waals surface area contributed by atoms with E-state index < -0.39 is 28.7 Å². The lowest BCUT2D eigenvalue weighted by Crippen LogP contribution is -2.49. The van der Waals surface area contributed by atoms with Crippen molar-refractivity contribution in [3.8, 4) is 0 Å². The van der Waals surface area contributed by atoms with E-state index in [0.29, 0.717) is 32.1 Å². The van der Waals surface area contributed by atoms with Crippen molar-refractivity contribution in [3.05, 3.63) is 46.3 Å². The maximum Gasteiger partial charge on any atom is 0.418 e. The summed E-state index contributed by atoms with van der Waals surface area (Å²) in [5, 5.41) is 5.22. The zero-order chi connectivity index (χ0) is 25.2. The number of amides is 1. The molecule has 4 heterocycles. The number of nitrogens with zero attached hydrogens (tertiary/aromatic N) is 6. The molecule has 35 heavy (non-hydrogen) atoms. The SMILES string of the molecule is Cc1cnc(N2CCN(C(=O)CCOCC(C)n3cc(C(F)(F)F)c4c(=O)[nH]ncc43)CC2)nc1. The molecule has 1 amide bonds. The number of hydrogen-bond donors (Lipinski definition) is 1. The molecule has 3 aromatic rings. The average molecular weight is 493 g/mol. The largest absolute Gasteiger partial charge is 0.418 e. The van der Waals surface area contributed by atoms with Gasteiger partial charge in [-0.1, -0.05) is 0 Å². The summed E-state index contributed by atoms with van der Waals surface area (Å²) in [6, 6.07) is -0.509. The van der Waals surface area contributed by atoms with E-state index in [-0.39, 0.29) is 31.1 Å². The molecular formula is C22H26F3N7O3. The quantitative estimate of drug-likeness (QED) is 0.503. The number of piperazine rings is 1. The van der Waals surface area contributed by atoms with Gasteiger partial charge in [0.25, 0.3) is 5.56 Å². The Balaban J connectivity index is 1.28. The molecule has 0 aliphatic carbocycles. The Morgan fingerprint density at radius 2 is 1.86 bits per heavy atom. The third-order valence-corrected chi connectivity index (χ3v) is 5.93. The number of carbonyl (C=O) groups is 1. The van der Waals surface area contributed by atoms with Crippen LogP contribution in [0.1, 0.15) is 30.5 Å². The molecule has 1 aliphatic rings. The maximum atomic E-state index is 13.4. The van der Waals surface area contributed by atoms with Crippen LogP contribution >= 0.6 is 0 Å². The van der Waals surface area contributed by atoms with Crippen molar-refractivity contribution in [1.29, 1.82) is 0 Å². The number of fused-ring (bicyclic) bond motifs is 1. The van der Waals surface area contributed by atoms with Crippen LogP contribution in [-0.4, -0.2) is 74.9 Å². The number of H-pyrrole nitrogens is 1. The predicted octanol–water partition coefficient (Wildman–Crippen LogP) is 2.16. The lowest BCUT2D eigenvalue weighted by molar-refractivity contribution is -0.136. The second-order valence-corrected chi connectivity index (χ2v) is 8.51. The first-order valence-corrected chi connectivity index (χ1v) is 11.2. The van der Waals surface area contributed by atoms with Crippen LogP contribution in [0.5, 0.6) is 0 Å². The summed E-state index contributed by atoms with van der Waals surface area (Å²) >= 11 is 0. The van der Waals surface area contributed by atoms with Gasteiger partial charge in [-0.25, -0.2) is 15.1 Å². The van der Waals surface area contributed by atoms with Gasteiger partial charge in [-0.15, -0.1) is 0 Å². The van der Waals surface area contributed by atoms with Gasteiger partial charge in [0.15, 0.2) is 0 Å². The number of hydrogen-bond acceptors (Lipinski definition) is 7. The zero-order valence-corrected chi connectivity index (χ0v) is 19.4. The fourth-order valence-corrected chi connectivity index (χ4v) is 4.05. The van der Waals surface area contributed by atoms with Crippen LogP contribution in [0.3, 0.4) is 0 Å². The summed E-state index contributed by atoms with van der Waals surface area (Å²) in [5.41, 5.74) is -0.869. The molecule has 0 aromatic carbocycles. The highest BCUT2D eigenvalue weighted by Gasteiger charge is 2.36. The van der Waals surface area contributed by atoms with E-state index in [1.165, 1.54) is 10.8 Å². The van der Waals surface area contributed by atoms with Gasteiger partial charge in [0, 0.05) is 44.8 Å². The van der Waals surface area contributed by atoms with Crippen molar-refractivity contribution in [1.82, 2.24) is 29.6 Å². The molecule has 1 atom stereocenters. The Bertz CT molecular complexity index is 1230. The van der Waals surface area contributed by atoms with Crippen LogP contribution in [0.2, 0.25) is 0 Å².